The van der Waals surface area contributed by atoms with Crippen LogP contribution in [0.3, 0.4) is 0 Å². The Bertz CT molecular complexity index is 604. The van der Waals surface area contributed by atoms with Crippen molar-refractivity contribution in [1.29, 1.82) is 0 Å². The molecule has 3 nitrogen and oxygen atoms in total. The summed E-state index contributed by atoms with van der Waals surface area (Å²) in [5, 5.41) is 3.42. The molecule has 0 bridgehead atoms. The third-order valence-corrected chi connectivity index (χ3v) is 4.99. The van der Waals surface area contributed by atoms with Gasteiger partial charge in [-0.1, -0.05) is 19.9 Å². The Morgan fingerprint density at radius 1 is 1.40 bits per heavy atom. The summed E-state index contributed by atoms with van der Waals surface area (Å²) >= 11 is 1.77. The fourth-order valence-electron chi connectivity index (χ4n) is 2.75. The zero-order chi connectivity index (χ0) is 14.1. The zero-order valence-corrected chi connectivity index (χ0v) is 12.9. The molecule has 20 heavy (non-hydrogen) atoms. The van der Waals surface area contributed by atoms with Gasteiger partial charge in [-0.05, 0) is 30.5 Å². The number of aromatic nitrogens is 1. The van der Waals surface area contributed by atoms with Crippen molar-refractivity contribution >= 4 is 22.7 Å². The third-order valence-electron chi connectivity index (χ3n) is 3.80. The van der Waals surface area contributed by atoms with Gasteiger partial charge in [0.1, 0.15) is 0 Å². The molecule has 4 heteroatoms. The summed E-state index contributed by atoms with van der Waals surface area (Å²) in [5.41, 5.74) is 10.8. The first-order valence-corrected chi connectivity index (χ1v) is 8.09. The van der Waals surface area contributed by atoms with E-state index in [2.05, 4.69) is 30.2 Å². The van der Waals surface area contributed by atoms with Crippen LogP contribution < -0.4 is 10.6 Å². The number of nitrogen functional groups attached to an aromatic ring is 1. The fourth-order valence-corrected chi connectivity index (χ4v) is 3.57. The summed E-state index contributed by atoms with van der Waals surface area (Å²) in [4.78, 5) is 7.16. The summed E-state index contributed by atoms with van der Waals surface area (Å²) < 4.78 is 0. The summed E-state index contributed by atoms with van der Waals surface area (Å²) in [6.07, 6.45) is 2.26. The first kappa shape index (κ1) is 13.4. The average molecular weight is 287 g/mol. The molecule has 2 aromatic rings. The highest BCUT2D eigenvalue weighted by atomic mass is 32.1. The molecule has 0 radical (unpaired) electrons. The number of benzene rings is 1. The third kappa shape index (κ3) is 2.52. The number of hydrogen-bond acceptors (Lipinski definition) is 4. The lowest BCUT2D eigenvalue weighted by molar-refractivity contribution is 0.684. The summed E-state index contributed by atoms with van der Waals surface area (Å²) in [7, 11) is 0. The predicted molar refractivity (Wildman–Crippen MR) is 86.4 cm³/mol. The Morgan fingerprint density at radius 2 is 2.25 bits per heavy atom. The standard InChI is InChI=1S/C16H21N3S/c1-11(2)16-18-12(10-20-16)9-19-8-4-5-13-14(17)6-3-7-15(13)19/h3,6-7,10-11H,4-5,8-9,17H2,1-2H3. The summed E-state index contributed by atoms with van der Waals surface area (Å²) in [5.74, 6) is 0.512. The van der Waals surface area contributed by atoms with Gasteiger partial charge in [-0.15, -0.1) is 11.3 Å². The van der Waals surface area contributed by atoms with Gasteiger partial charge in [-0.3, -0.25) is 0 Å². The Hall–Kier alpha value is -1.55. The molecule has 106 valence electrons. The topological polar surface area (TPSA) is 42.2 Å². The van der Waals surface area contributed by atoms with Crippen molar-refractivity contribution < 1.29 is 0 Å². The molecule has 0 spiro atoms. The normalized spacial score (nSPS) is 14.7. The minimum Gasteiger partial charge on any atom is -0.398 e. The lowest BCUT2D eigenvalue weighted by Gasteiger charge is -2.31. The van der Waals surface area contributed by atoms with Crippen molar-refractivity contribution in [2.45, 2.75) is 39.2 Å². The molecule has 0 saturated carbocycles. The predicted octanol–water partition coefficient (Wildman–Crippen LogP) is 3.80. The summed E-state index contributed by atoms with van der Waals surface area (Å²) in [6.45, 7) is 6.36. The first-order valence-electron chi connectivity index (χ1n) is 7.21. The molecule has 0 fully saturated rings. The molecule has 1 aromatic carbocycles. The van der Waals surface area contributed by atoms with Crippen LogP contribution in [0.5, 0.6) is 0 Å². The van der Waals surface area contributed by atoms with E-state index in [1.54, 1.807) is 11.3 Å². The lowest BCUT2D eigenvalue weighted by atomic mass is 10.00. The molecule has 1 aromatic heterocycles. The highest BCUT2D eigenvalue weighted by molar-refractivity contribution is 7.09. The van der Waals surface area contributed by atoms with Crippen molar-refractivity contribution in [3.05, 3.63) is 39.8 Å². The van der Waals surface area contributed by atoms with Gasteiger partial charge in [0.15, 0.2) is 0 Å². The van der Waals surface area contributed by atoms with Crippen LogP contribution in [-0.4, -0.2) is 11.5 Å². The van der Waals surface area contributed by atoms with Crippen LogP contribution in [-0.2, 0) is 13.0 Å². The molecule has 2 N–H and O–H groups in total. The van der Waals surface area contributed by atoms with Crippen LogP contribution in [0.2, 0.25) is 0 Å². The van der Waals surface area contributed by atoms with Crippen molar-refractivity contribution in [1.82, 2.24) is 4.98 Å². The van der Waals surface area contributed by atoms with E-state index in [-0.39, 0.29) is 0 Å². The van der Waals surface area contributed by atoms with E-state index in [0.29, 0.717) is 5.92 Å². The molecule has 1 aliphatic rings. The number of rotatable bonds is 3. The van der Waals surface area contributed by atoms with Gasteiger partial charge in [0.25, 0.3) is 0 Å². The van der Waals surface area contributed by atoms with Crippen molar-refractivity contribution in [2.75, 3.05) is 17.2 Å². The molecular formula is C16H21N3S. The molecule has 0 amide bonds. The Kier molecular flexibility index (Phi) is 3.66. The molecule has 0 saturated heterocycles. The molecule has 2 heterocycles. The number of hydrogen-bond donors (Lipinski definition) is 1. The Morgan fingerprint density at radius 3 is 3.00 bits per heavy atom. The minimum absolute atomic E-state index is 0.512. The van der Waals surface area contributed by atoms with Crippen LogP contribution >= 0.6 is 11.3 Å². The van der Waals surface area contributed by atoms with Crippen LogP contribution in [0.15, 0.2) is 23.6 Å². The lowest BCUT2D eigenvalue weighted by Crippen LogP contribution is -2.29. The maximum absolute atomic E-state index is 6.10. The zero-order valence-electron chi connectivity index (χ0n) is 12.1. The number of fused-ring (bicyclic) bond motifs is 1. The van der Waals surface area contributed by atoms with Gasteiger partial charge in [-0.2, -0.15) is 0 Å². The van der Waals surface area contributed by atoms with E-state index in [1.165, 1.54) is 28.4 Å². The molecule has 1 aliphatic heterocycles. The SMILES string of the molecule is CC(C)c1nc(CN2CCCc3c(N)cccc32)cs1. The van der Waals surface area contributed by atoms with E-state index in [4.69, 9.17) is 10.7 Å². The second-order valence-corrected chi connectivity index (χ2v) is 6.59. The minimum atomic E-state index is 0.512. The van der Waals surface area contributed by atoms with Crippen LogP contribution in [0.1, 0.15) is 42.5 Å². The monoisotopic (exact) mass is 287 g/mol. The average Bonchev–Trinajstić information content (AvgIpc) is 2.89. The highest BCUT2D eigenvalue weighted by Crippen LogP contribution is 2.32. The second kappa shape index (κ2) is 5.44. The van der Waals surface area contributed by atoms with E-state index < -0.39 is 0 Å². The van der Waals surface area contributed by atoms with Crippen LogP contribution in [0, 0.1) is 0 Å². The van der Waals surface area contributed by atoms with Crippen LogP contribution in [0.25, 0.3) is 0 Å². The number of nitrogens with zero attached hydrogens (tertiary/aromatic N) is 2. The van der Waals surface area contributed by atoms with Crippen molar-refractivity contribution in [3.63, 3.8) is 0 Å². The van der Waals surface area contributed by atoms with Gasteiger partial charge in [0.2, 0.25) is 0 Å². The smallest absolute Gasteiger partial charge is 0.0954 e. The van der Waals surface area contributed by atoms with Crippen molar-refractivity contribution in [3.8, 4) is 0 Å². The molecule has 0 aliphatic carbocycles. The molecule has 3 rings (SSSR count). The van der Waals surface area contributed by atoms with E-state index >= 15 is 0 Å². The quantitative estimate of drug-likeness (QED) is 0.873. The molecular weight excluding hydrogens is 266 g/mol. The fraction of sp³-hybridized carbons (Fsp3) is 0.438. The van der Waals surface area contributed by atoms with Gasteiger partial charge in [0, 0.05) is 29.2 Å². The molecule has 0 unspecified atom stereocenters. The van der Waals surface area contributed by atoms with Gasteiger partial charge in [-0.25, -0.2) is 4.98 Å². The second-order valence-electron chi connectivity index (χ2n) is 5.70. The maximum Gasteiger partial charge on any atom is 0.0954 e. The number of thiazole rings is 1. The van der Waals surface area contributed by atoms with E-state index in [1.807, 2.05) is 12.1 Å². The Labute approximate surface area is 124 Å². The van der Waals surface area contributed by atoms with Crippen LogP contribution in [0.4, 0.5) is 11.4 Å². The maximum atomic E-state index is 6.10. The molecule has 0 atom stereocenters. The number of anilines is 2. The van der Waals surface area contributed by atoms with Crippen molar-refractivity contribution in [2.24, 2.45) is 0 Å². The van der Waals surface area contributed by atoms with E-state index in [0.717, 1.165) is 25.2 Å². The van der Waals surface area contributed by atoms with Gasteiger partial charge in [0.05, 0.1) is 17.2 Å². The van der Waals surface area contributed by atoms with Gasteiger partial charge < -0.3 is 10.6 Å². The summed E-state index contributed by atoms with van der Waals surface area (Å²) in [6, 6.07) is 6.23. The largest absolute Gasteiger partial charge is 0.398 e. The highest BCUT2D eigenvalue weighted by Gasteiger charge is 2.19. The first-order chi connectivity index (χ1) is 9.65. The Balaban J connectivity index is 1.84. The van der Waals surface area contributed by atoms with Gasteiger partial charge >= 0.3 is 0 Å². The number of nitrogens with two attached hydrogens (primary N) is 1. The van der Waals surface area contributed by atoms with E-state index in [9.17, 15) is 0 Å².